The van der Waals surface area contributed by atoms with Crippen molar-refractivity contribution in [1.82, 2.24) is 9.78 Å². The largest absolute Gasteiger partial charge is 0.419 e. The van der Waals surface area contributed by atoms with E-state index in [4.69, 9.17) is 11.1 Å². The number of aromatic nitrogens is 2. The van der Waals surface area contributed by atoms with Crippen LogP contribution in [-0.4, -0.2) is 15.6 Å². The van der Waals surface area contributed by atoms with E-state index in [1.165, 1.54) is 4.68 Å². The number of amidine groups is 1. The minimum atomic E-state index is -4.38. The monoisotopic (exact) mass is 268 g/mol. The van der Waals surface area contributed by atoms with Crippen LogP contribution in [0.2, 0.25) is 0 Å². The van der Waals surface area contributed by atoms with Crippen LogP contribution in [0.1, 0.15) is 16.7 Å². The molecule has 0 aliphatic rings. The highest BCUT2D eigenvalue weighted by Gasteiger charge is 2.32. The first kappa shape index (κ1) is 13.1. The van der Waals surface area contributed by atoms with Crippen LogP contribution < -0.4 is 5.73 Å². The fourth-order valence-corrected chi connectivity index (χ4v) is 1.57. The highest BCUT2D eigenvalue weighted by Crippen LogP contribution is 2.28. The maximum absolute atomic E-state index is 12.4. The summed E-state index contributed by atoms with van der Waals surface area (Å²) in [6.45, 7) is 0.230. The molecule has 7 heteroatoms. The number of rotatable bonds is 3. The molecule has 0 saturated heterocycles. The topological polar surface area (TPSA) is 67.7 Å². The molecule has 0 unspecified atom stereocenters. The van der Waals surface area contributed by atoms with Crippen molar-refractivity contribution in [2.45, 2.75) is 12.7 Å². The number of hydrogen-bond acceptors (Lipinski definition) is 2. The molecule has 0 aliphatic carbocycles. The Balaban J connectivity index is 2.13. The van der Waals surface area contributed by atoms with Crippen LogP contribution in [0.4, 0.5) is 13.2 Å². The van der Waals surface area contributed by atoms with Gasteiger partial charge in [-0.05, 0) is 5.56 Å². The molecule has 0 radical (unpaired) electrons. The smallest absolute Gasteiger partial charge is 0.384 e. The zero-order valence-electron chi connectivity index (χ0n) is 9.78. The van der Waals surface area contributed by atoms with E-state index in [0.717, 1.165) is 18.0 Å². The highest BCUT2D eigenvalue weighted by atomic mass is 19.4. The summed E-state index contributed by atoms with van der Waals surface area (Å²) in [5.41, 5.74) is 5.89. The number of hydrogen-bond donors (Lipinski definition) is 2. The summed E-state index contributed by atoms with van der Waals surface area (Å²) in [6.07, 6.45) is -2.63. The van der Waals surface area contributed by atoms with Gasteiger partial charge in [-0.15, -0.1) is 0 Å². The van der Waals surface area contributed by atoms with Crippen molar-refractivity contribution in [3.05, 3.63) is 53.3 Å². The molecular formula is C12H11F3N4. The molecule has 1 aromatic heterocycles. The number of nitrogens with one attached hydrogen (secondary N) is 1. The Bertz CT molecular complexity index is 584. The maximum atomic E-state index is 12.4. The summed E-state index contributed by atoms with van der Waals surface area (Å²) in [5.74, 6) is -0.0509. The number of nitrogen functional groups attached to an aromatic ring is 1. The van der Waals surface area contributed by atoms with Crippen molar-refractivity contribution in [1.29, 1.82) is 5.41 Å². The van der Waals surface area contributed by atoms with Crippen LogP contribution >= 0.6 is 0 Å². The van der Waals surface area contributed by atoms with Gasteiger partial charge in [-0.2, -0.15) is 18.3 Å². The van der Waals surface area contributed by atoms with Gasteiger partial charge in [0.15, 0.2) is 0 Å². The van der Waals surface area contributed by atoms with Crippen molar-refractivity contribution in [2.24, 2.45) is 5.73 Å². The van der Waals surface area contributed by atoms with Gasteiger partial charge in [-0.1, -0.05) is 24.3 Å². The fraction of sp³-hybridized carbons (Fsp3) is 0.167. The van der Waals surface area contributed by atoms with E-state index in [1.54, 1.807) is 24.3 Å². The molecule has 19 heavy (non-hydrogen) atoms. The molecule has 4 nitrogen and oxygen atoms in total. The Morgan fingerprint density at radius 3 is 2.37 bits per heavy atom. The lowest BCUT2D eigenvalue weighted by Gasteiger charge is -2.04. The number of halogens is 3. The second-order valence-corrected chi connectivity index (χ2v) is 4.03. The van der Waals surface area contributed by atoms with Gasteiger partial charge in [0.2, 0.25) is 0 Å². The Kier molecular flexibility index (Phi) is 3.28. The molecule has 0 spiro atoms. The molecule has 0 atom stereocenters. The predicted octanol–water partition coefficient (Wildman–Crippen LogP) is 2.23. The van der Waals surface area contributed by atoms with Crippen molar-refractivity contribution in [2.75, 3.05) is 0 Å². The highest BCUT2D eigenvalue weighted by molar-refractivity contribution is 5.94. The van der Waals surface area contributed by atoms with E-state index in [0.29, 0.717) is 5.56 Å². The van der Waals surface area contributed by atoms with Gasteiger partial charge in [0, 0.05) is 11.8 Å². The summed E-state index contributed by atoms with van der Waals surface area (Å²) in [4.78, 5) is 0. The minimum absolute atomic E-state index is 0.0509. The standard InChI is InChI=1S/C12H11F3N4/c13-12(14,15)10-5-18-19(7-10)6-8-1-3-9(4-2-8)11(16)17/h1-5,7H,6H2,(H3,16,17). The van der Waals surface area contributed by atoms with Crippen molar-refractivity contribution >= 4 is 5.84 Å². The summed E-state index contributed by atoms with van der Waals surface area (Å²) >= 11 is 0. The summed E-state index contributed by atoms with van der Waals surface area (Å²) < 4.78 is 38.4. The lowest BCUT2D eigenvalue weighted by Crippen LogP contribution is -2.11. The van der Waals surface area contributed by atoms with Crippen LogP contribution in [0.3, 0.4) is 0 Å². The molecular weight excluding hydrogens is 257 g/mol. The van der Waals surface area contributed by atoms with Gasteiger partial charge < -0.3 is 5.73 Å². The maximum Gasteiger partial charge on any atom is 0.419 e. The minimum Gasteiger partial charge on any atom is -0.384 e. The summed E-state index contributed by atoms with van der Waals surface area (Å²) in [6, 6.07) is 6.69. The van der Waals surface area contributed by atoms with Gasteiger partial charge in [0.05, 0.1) is 18.3 Å². The third-order valence-electron chi connectivity index (χ3n) is 2.57. The van der Waals surface area contributed by atoms with E-state index in [-0.39, 0.29) is 12.4 Å². The lowest BCUT2D eigenvalue weighted by molar-refractivity contribution is -0.137. The zero-order chi connectivity index (χ0) is 14.0. The molecule has 0 aliphatic heterocycles. The van der Waals surface area contributed by atoms with E-state index in [1.807, 2.05) is 0 Å². The van der Waals surface area contributed by atoms with Crippen molar-refractivity contribution in [3.63, 3.8) is 0 Å². The third kappa shape index (κ3) is 3.12. The second-order valence-electron chi connectivity index (χ2n) is 4.03. The van der Waals surface area contributed by atoms with Crippen LogP contribution in [0.25, 0.3) is 0 Å². The molecule has 0 saturated carbocycles. The van der Waals surface area contributed by atoms with Crippen LogP contribution in [0.15, 0.2) is 36.7 Å². The Morgan fingerprint density at radius 1 is 1.26 bits per heavy atom. The van der Waals surface area contributed by atoms with Gasteiger partial charge in [-0.3, -0.25) is 10.1 Å². The third-order valence-corrected chi connectivity index (χ3v) is 2.57. The quantitative estimate of drug-likeness (QED) is 0.662. The van der Waals surface area contributed by atoms with E-state index < -0.39 is 11.7 Å². The molecule has 2 aromatic rings. The molecule has 1 heterocycles. The van der Waals surface area contributed by atoms with Gasteiger partial charge >= 0.3 is 6.18 Å². The lowest BCUT2D eigenvalue weighted by atomic mass is 10.1. The summed E-state index contributed by atoms with van der Waals surface area (Å²) in [5, 5.41) is 10.9. The van der Waals surface area contributed by atoms with Crippen LogP contribution in [0, 0.1) is 5.41 Å². The number of nitrogens with zero attached hydrogens (tertiary/aromatic N) is 2. The first-order valence-electron chi connectivity index (χ1n) is 5.39. The van der Waals surface area contributed by atoms with E-state index >= 15 is 0 Å². The molecule has 2 rings (SSSR count). The van der Waals surface area contributed by atoms with Gasteiger partial charge in [0.25, 0.3) is 0 Å². The molecule has 100 valence electrons. The molecule has 0 amide bonds. The number of nitrogens with two attached hydrogens (primary N) is 1. The zero-order valence-corrected chi connectivity index (χ0v) is 9.78. The first-order chi connectivity index (χ1) is 8.86. The van der Waals surface area contributed by atoms with Crippen molar-refractivity contribution < 1.29 is 13.2 Å². The predicted molar refractivity (Wildman–Crippen MR) is 63.8 cm³/mol. The fourth-order valence-electron chi connectivity index (χ4n) is 1.57. The Labute approximate surface area is 107 Å². The average Bonchev–Trinajstić information content (AvgIpc) is 2.78. The molecule has 0 bridgehead atoms. The molecule has 3 N–H and O–H groups in total. The van der Waals surface area contributed by atoms with E-state index in [9.17, 15) is 13.2 Å². The van der Waals surface area contributed by atoms with Crippen LogP contribution in [0.5, 0.6) is 0 Å². The normalized spacial score (nSPS) is 11.5. The van der Waals surface area contributed by atoms with Gasteiger partial charge in [0.1, 0.15) is 5.84 Å². The van der Waals surface area contributed by atoms with Crippen LogP contribution in [-0.2, 0) is 12.7 Å². The molecule has 1 aromatic carbocycles. The first-order valence-corrected chi connectivity index (χ1v) is 5.39. The number of benzene rings is 1. The Hall–Kier alpha value is -2.31. The van der Waals surface area contributed by atoms with Gasteiger partial charge in [-0.25, -0.2) is 0 Å². The average molecular weight is 268 g/mol. The van der Waals surface area contributed by atoms with E-state index in [2.05, 4.69) is 5.10 Å². The SMILES string of the molecule is N=C(N)c1ccc(Cn2cc(C(F)(F)F)cn2)cc1. The second kappa shape index (κ2) is 4.75. The molecule has 0 fully saturated rings. The van der Waals surface area contributed by atoms with Crippen molar-refractivity contribution in [3.8, 4) is 0 Å². The Morgan fingerprint density at radius 2 is 1.89 bits per heavy atom. The summed E-state index contributed by atoms with van der Waals surface area (Å²) in [7, 11) is 0. The number of alkyl halides is 3.